The molecule has 0 saturated heterocycles. The first-order valence-electron chi connectivity index (χ1n) is 6.12. The molecule has 0 aromatic rings. The number of hydrogen-bond donors (Lipinski definition) is 0. The maximum absolute atomic E-state index is 4.15. The lowest BCUT2D eigenvalue weighted by Gasteiger charge is -2.15. The summed E-state index contributed by atoms with van der Waals surface area (Å²) in [7, 11) is 5.21. The molecular weight excluding hydrogens is 213 g/mol. The van der Waals surface area contributed by atoms with Crippen molar-refractivity contribution in [2.24, 2.45) is 5.92 Å². The van der Waals surface area contributed by atoms with Gasteiger partial charge in [0.2, 0.25) is 0 Å². The molecule has 94 valence electrons. The van der Waals surface area contributed by atoms with Crippen molar-refractivity contribution in [2.45, 2.75) is 33.1 Å². The third-order valence-corrected chi connectivity index (χ3v) is 4.27. The Labute approximate surface area is 104 Å². The minimum atomic E-state index is 0.822. The SMILES string of the molecule is C=C(C)CCC(=C)PC[C@H](C)CCN(C)C. The Bertz CT molecular complexity index is 221. The van der Waals surface area contributed by atoms with Crippen molar-refractivity contribution in [1.82, 2.24) is 4.90 Å². The van der Waals surface area contributed by atoms with Crippen molar-refractivity contribution >= 4 is 8.58 Å². The highest BCUT2D eigenvalue weighted by atomic mass is 31.1. The molecule has 0 spiro atoms. The summed E-state index contributed by atoms with van der Waals surface area (Å²) >= 11 is 0. The van der Waals surface area contributed by atoms with E-state index in [0.717, 1.165) is 27.3 Å². The fourth-order valence-corrected chi connectivity index (χ4v) is 2.49. The van der Waals surface area contributed by atoms with E-state index in [2.05, 4.69) is 46.0 Å². The standard InChI is InChI=1S/C14H28NP/c1-12(2)7-8-14(4)16-11-13(3)9-10-15(5)6/h13,16H,1,4,7-11H2,2-3,5-6H3/t13-/m1/s1. The van der Waals surface area contributed by atoms with Crippen molar-refractivity contribution in [3.8, 4) is 0 Å². The van der Waals surface area contributed by atoms with Crippen LogP contribution in [0, 0.1) is 5.92 Å². The second kappa shape index (κ2) is 8.96. The summed E-state index contributed by atoms with van der Waals surface area (Å²) in [5.74, 6) is 0.822. The molecule has 1 nitrogen and oxygen atoms in total. The van der Waals surface area contributed by atoms with Gasteiger partial charge in [-0.1, -0.05) is 33.0 Å². The minimum absolute atomic E-state index is 0.822. The maximum Gasteiger partial charge on any atom is -0.00222 e. The molecule has 2 heteroatoms. The predicted octanol–water partition coefficient (Wildman–Crippen LogP) is 4.12. The van der Waals surface area contributed by atoms with Gasteiger partial charge >= 0.3 is 0 Å². The van der Waals surface area contributed by atoms with Crippen LogP contribution in [0.5, 0.6) is 0 Å². The van der Waals surface area contributed by atoms with Gasteiger partial charge in [0, 0.05) is 0 Å². The fraction of sp³-hybridized carbons (Fsp3) is 0.714. The summed E-state index contributed by atoms with van der Waals surface area (Å²) in [6, 6.07) is 0. The van der Waals surface area contributed by atoms with E-state index in [4.69, 9.17) is 0 Å². The summed E-state index contributed by atoms with van der Waals surface area (Å²) < 4.78 is 0. The van der Waals surface area contributed by atoms with Crippen LogP contribution in [0.25, 0.3) is 0 Å². The lowest BCUT2D eigenvalue weighted by atomic mass is 10.1. The first kappa shape index (κ1) is 15.9. The van der Waals surface area contributed by atoms with Crippen LogP contribution in [0.3, 0.4) is 0 Å². The first-order valence-corrected chi connectivity index (χ1v) is 7.33. The third-order valence-electron chi connectivity index (χ3n) is 2.62. The molecule has 0 aliphatic heterocycles. The summed E-state index contributed by atoms with van der Waals surface area (Å²) in [5.41, 5.74) is 1.27. The molecule has 0 radical (unpaired) electrons. The normalized spacial score (nSPS) is 13.6. The van der Waals surface area contributed by atoms with Gasteiger partial charge in [0.25, 0.3) is 0 Å². The molecule has 0 fully saturated rings. The minimum Gasteiger partial charge on any atom is -0.309 e. The van der Waals surface area contributed by atoms with Gasteiger partial charge in [-0.25, -0.2) is 0 Å². The third kappa shape index (κ3) is 10.4. The number of allylic oxidation sites excluding steroid dienone is 2. The van der Waals surface area contributed by atoms with E-state index in [1.54, 1.807) is 0 Å². The van der Waals surface area contributed by atoms with E-state index in [1.807, 2.05) is 0 Å². The van der Waals surface area contributed by atoms with Gasteiger partial charge in [-0.2, -0.15) is 0 Å². The van der Waals surface area contributed by atoms with Crippen LogP contribution in [0.2, 0.25) is 0 Å². The van der Waals surface area contributed by atoms with Gasteiger partial charge < -0.3 is 4.90 Å². The highest BCUT2D eigenvalue weighted by Crippen LogP contribution is 2.30. The molecule has 0 N–H and O–H groups in total. The zero-order valence-electron chi connectivity index (χ0n) is 11.5. The van der Waals surface area contributed by atoms with Gasteiger partial charge in [-0.15, -0.1) is 6.58 Å². The Morgan fingerprint density at radius 3 is 2.38 bits per heavy atom. The highest BCUT2D eigenvalue weighted by Gasteiger charge is 2.04. The van der Waals surface area contributed by atoms with E-state index in [0.29, 0.717) is 0 Å². The largest absolute Gasteiger partial charge is 0.309 e. The van der Waals surface area contributed by atoms with E-state index in [9.17, 15) is 0 Å². The zero-order valence-corrected chi connectivity index (χ0v) is 12.5. The van der Waals surface area contributed by atoms with Crippen LogP contribution in [0.15, 0.2) is 24.0 Å². The van der Waals surface area contributed by atoms with Crippen molar-refractivity contribution in [3.05, 3.63) is 24.0 Å². The maximum atomic E-state index is 4.15. The predicted molar refractivity (Wildman–Crippen MR) is 78.7 cm³/mol. The Kier molecular flexibility index (Phi) is 8.89. The summed E-state index contributed by atoms with van der Waals surface area (Å²) in [4.78, 5) is 2.26. The van der Waals surface area contributed by atoms with E-state index >= 15 is 0 Å². The smallest absolute Gasteiger partial charge is 0.00222 e. The molecule has 0 heterocycles. The van der Waals surface area contributed by atoms with Crippen LogP contribution in [0.1, 0.15) is 33.1 Å². The number of hydrogen-bond acceptors (Lipinski definition) is 1. The molecular formula is C14H28NP. The van der Waals surface area contributed by atoms with Crippen molar-refractivity contribution in [3.63, 3.8) is 0 Å². The van der Waals surface area contributed by atoms with Crippen LogP contribution in [0.4, 0.5) is 0 Å². The average molecular weight is 241 g/mol. The van der Waals surface area contributed by atoms with Crippen molar-refractivity contribution in [2.75, 3.05) is 26.8 Å². The second-order valence-electron chi connectivity index (χ2n) is 5.14. The Balaban J connectivity index is 3.54. The van der Waals surface area contributed by atoms with Gasteiger partial charge in [0.1, 0.15) is 0 Å². The van der Waals surface area contributed by atoms with Gasteiger partial charge in [0.05, 0.1) is 0 Å². The molecule has 0 aromatic carbocycles. The van der Waals surface area contributed by atoms with Gasteiger partial charge in [-0.05, 0) is 58.9 Å². The molecule has 0 amide bonds. The number of rotatable bonds is 9. The molecule has 0 saturated carbocycles. The van der Waals surface area contributed by atoms with Crippen LogP contribution < -0.4 is 0 Å². The Hall–Kier alpha value is -0.130. The van der Waals surface area contributed by atoms with Crippen LogP contribution in [-0.4, -0.2) is 31.7 Å². The molecule has 0 aliphatic carbocycles. The highest BCUT2D eigenvalue weighted by molar-refractivity contribution is 7.43. The van der Waals surface area contributed by atoms with Crippen molar-refractivity contribution < 1.29 is 0 Å². The van der Waals surface area contributed by atoms with Crippen molar-refractivity contribution in [1.29, 1.82) is 0 Å². The average Bonchev–Trinajstić information content (AvgIpc) is 2.20. The quantitative estimate of drug-likeness (QED) is 0.433. The Morgan fingerprint density at radius 1 is 1.25 bits per heavy atom. The monoisotopic (exact) mass is 241 g/mol. The summed E-state index contributed by atoms with van der Waals surface area (Å²) in [6.07, 6.45) is 4.85. The second-order valence-corrected chi connectivity index (χ2v) is 6.61. The van der Waals surface area contributed by atoms with E-state index < -0.39 is 0 Å². The van der Waals surface area contributed by atoms with Gasteiger partial charge in [0.15, 0.2) is 0 Å². The molecule has 0 aliphatic rings. The first-order chi connectivity index (χ1) is 7.41. The fourth-order valence-electron chi connectivity index (χ4n) is 1.35. The molecule has 1 unspecified atom stereocenters. The molecule has 0 rings (SSSR count). The topological polar surface area (TPSA) is 3.24 Å². The molecule has 2 atom stereocenters. The Morgan fingerprint density at radius 2 is 1.88 bits per heavy atom. The van der Waals surface area contributed by atoms with Gasteiger partial charge in [-0.3, -0.25) is 0 Å². The molecule has 0 bridgehead atoms. The molecule has 16 heavy (non-hydrogen) atoms. The van der Waals surface area contributed by atoms with E-state index in [-0.39, 0.29) is 0 Å². The molecule has 0 aromatic heterocycles. The number of nitrogens with zero attached hydrogens (tertiary/aromatic N) is 1. The summed E-state index contributed by atoms with van der Waals surface area (Å²) in [5, 5.41) is 1.42. The summed E-state index contributed by atoms with van der Waals surface area (Å²) in [6.45, 7) is 13.7. The van der Waals surface area contributed by atoms with Crippen LogP contribution >= 0.6 is 8.58 Å². The lowest BCUT2D eigenvalue weighted by Crippen LogP contribution is -2.16. The lowest BCUT2D eigenvalue weighted by molar-refractivity contribution is 0.371. The zero-order chi connectivity index (χ0) is 12.6. The van der Waals surface area contributed by atoms with E-state index in [1.165, 1.54) is 30.0 Å². The van der Waals surface area contributed by atoms with Crippen LogP contribution in [-0.2, 0) is 0 Å².